The van der Waals surface area contributed by atoms with E-state index in [0.717, 1.165) is 18.6 Å². The Hall–Kier alpha value is -1.88. The van der Waals surface area contributed by atoms with Crippen LogP contribution in [0, 0.1) is 5.82 Å². The molecule has 23 heavy (non-hydrogen) atoms. The molecule has 5 heteroatoms. The molecule has 0 bridgehead atoms. The molecule has 0 unspecified atom stereocenters. The molecule has 3 rings (SSSR count). The number of benzene rings is 2. The smallest absolute Gasteiger partial charge is 0.258 e. The van der Waals surface area contributed by atoms with E-state index in [9.17, 15) is 9.18 Å². The van der Waals surface area contributed by atoms with E-state index in [1.165, 1.54) is 25.0 Å². The average Bonchev–Trinajstić information content (AvgIpc) is 3.03. The summed E-state index contributed by atoms with van der Waals surface area (Å²) in [5.41, 5.74) is 0.589. The highest BCUT2D eigenvalue weighted by molar-refractivity contribution is 9.10. The molecule has 1 aliphatic carbocycles. The summed E-state index contributed by atoms with van der Waals surface area (Å²) in [6.07, 6.45) is 4.79. The van der Waals surface area contributed by atoms with Crippen LogP contribution in [0.2, 0.25) is 0 Å². The maximum absolute atomic E-state index is 13.8. The molecular formula is C18H17BrFNO2. The summed E-state index contributed by atoms with van der Waals surface area (Å²) in [5, 5.41) is 2.71. The highest BCUT2D eigenvalue weighted by Crippen LogP contribution is 2.26. The van der Waals surface area contributed by atoms with Gasteiger partial charge >= 0.3 is 0 Å². The second-order valence-corrected chi connectivity index (χ2v) is 6.55. The Morgan fingerprint density at radius 3 is 2.74 bits per heavy atom. The van der Waals surface area contributed by atoms with Crippen molar-refractivity contribution in [1.29, 1.82) is 0 Å². The fourth-order valence-electron chi connectivity index (χ4n) is 2.72. The molecule has 2 aromatic rings. The largest absolute Gasteiger partial charge is 0.490 e. The molecule has 1 amide bonds. The maximum Gasteiger partial charge on any atom is 0.258 e. The van der Waals surface area contributed by atoms with E-state index >= 15 is 0 Å². The summed E-state index contributed by atoms with van der Waals surface area (Å²) in [4.78, 5) is 12.2. The lowest BCUT2D eigenvalue weighted by Gasteiger charge is -2.14. The van der Waals surface area contributed by atoms with Crippen molar-refractivity contribution in [1.82, 2.24) is 0 Å². The van der Waals surface area contributed by atoms with Gasteiger partial charge in [0.25, 0.3) is 5.91 Å². The first-order valence-corrected chi connectivity index (χ1v) is 8.44. The molecule has 0 aliphatic heterocycles. The van der Waals surface area contributed by atoms with Gasteiger partial charge < -0.3 is 10.1 Å². The Morgan fingerprint density at radius 2 is 1.96 bits per heavy atom. The van der Waals surface area contributed by atoms with Gasteiger partial charge in [0.15, 0.2) is 0 Å². The van der Waals surface area contributed by atoms with Crippen LogP contribution in [0.5, 0.6) is 5.75 Å². The summed E-state index contributed by atoms with van der Waals surface area (Å²) in [7, 11) is 0. The highest BCUT2D eigenvalue weighted by Gasteiger charge is 2.17. The first-order chi connectivity index (χ1) is 11.1. The number of anilines is 1. The van der Waals surface area contributed by atoms with Crippen LogP contribution >= 0.6 is 15.9 Å². The minimum absolute atomic E-state index is 0.00138. The van der Waals surface area contributed by atoms with Gasteiger partial charge in [0.2, 0.25) is 0 Å². The molecule has 0 saturated heterocycles. The van der Waals surface area contributed by atoms with E-state index in [0.29, 0.717) is 10.2 Å². The number of halogens is 2. The van der Waals surface area contributed by atoms with Crippen LogP contribution in [0.15, 0.2) is 46.9 Å². The molecule has 1 fully saturated rings. The van der Waals surface area contributed by atoms with E-state index in [1.807, 2.05) is 12.1 Å². The molecule has 0 radical (unpaired) electrons. The quantitative estimate of drug-likeness (QED) is 0.798. The van der Waals surface area contributed by atoms with Crippen LogP contribution in [0.4, 0.5) is 10.1 Å². The second-order valence-electron chi connectivity index (χ2n) is 5.63. The Labute approximate surface area is 143 Å². The number of ether oxygens (including phenoxy) is 1. The predicted octanol–water partition coefficient (Wildman–Crippen LogP) is 5.16. The summed E-state index contributed by atoms with van der Waals surface area (Å²) in [6.45, 7) is 0. The van der Waals surface area contributed by atoms with Gasteiger partial charge in [-0.25, -0.2) is 4.39 Å². The molecular weight excluding hydrogens is 361 g/mol. The summed E-state index contributed by atoms with van der Waals surface area (Å²) < 4.78 is 20.3. The van der Waals surface area contributed by atoms with Crippen molar-refractivity contribution in [2.24, 2.45) is 0 Å². The average molecular weight is 378 g/mol. The van der Waals surface area contributed by atoms with Gasteiger partial charge in [-0.15, -0.1) is 0 Å². The van der Waals surface area contributed by atoms with E-state index < -0.39 is 11.7 Å². The molecule has 0 atom stereocenters. The molecule has 1 saturated carbocycles. The van der Waals surface area contributed by atoms with Crippen molar-refractivity contribution < 1.29 is 13.9 Å². The number of hydrogen-bond acceptors (Lipinski definition) is 2. The molecule has 2 aromatic carbocycles. The van der Waals surface area contributed by atoms with Crippen molar-refractivity contribution in [3.05, 3.63) is 58.3 Å². The third-order valence-electron chi connectivity index (χ3n) is 3.87. The Kier molecular flexibility index (Phi) is 4.96. The first kappa shape index (κ1) is 16.0. The normalized spacial score (nSPS) is 14.7. The lowest BCUT2D eigenvalue weighted by Crippen LogP contribution is -2.14. The SMILES string of the molecule is O=C(Nc1cccc(OC2CCCC2)c1)c1cc(Br)ccc1F. The van der Waals surface area contributed by atoms with E-state index in [4.69, 9.17) is 4.74 Å². The third-order valence-corrected chi connectivity index (χ3v) is 4.36. The number of hydrogen-bond donors (Lipinski definition) is 1. The van der Waals surface area contributed by atoms with Crippen LogP contribution in [0.3, 0.4) is 0 Å². The summed E-state index contributed by atoms with van der Waals surface area (Å²) in [6, 6.07) is 11.5. The van der Waals surface area contributed by atoms with E-state index in [-0.39, 0.29) is 11.7 Å². The first-order valence-electron chi connectivity index (χ1n) is 7.65. The summed E-state index contributed by atoms with van der Waals surface area (Å²) in [5.74, 6) is -0.310. The minimum Gasteiger partial charge on any atom is -0.490 e. The zero-order chi connectivity index (χ0) is 16.2. The number of rotatable bonds is 4. The standard InChI is InChI=1S/C18H17BrFNO2/c19-12-8-9-17(20)16(10-12)18(22)21-13-4-3-7-15(11-13)23-14-5-1-2-6-14/h3-4,7-11,14H,1-2,5-6H2,(H,21,22). The van der Waals surface area contributed by atoms with Crippen molar-refractivity contribution in [2.75, 3.05) is 5.32 Å². The predicted molar refractivity (Wildman–Crippen MR) is 91.4 cm³/mol. The van der Waals surface area contributed by atoms with Crippen LogP contribution in [-0.4, -0.2) is 12.0 Å². The number of carbonyl (C=O) groups is 1. The lowest BCUT2D eigenvalue weighted by molar-refractivity contribution is 0.102. The van der Waals surface area contributed by atoms with Crippen molar-refractivity contribution in [3.8, 4) is 5.75 Å². The van der Waals surface area contributed by atoms with Gasteiger partial charge in [-0.3, -0.25) is 4.79 Å². The minimum atomic E-state index is -0.552. The van der Waals surface area contributed by atoms with Gasteiger partial charge in [0.05, 0.1) is 11.7 Å². The summed E-state index contributed by atoms with van der Waals surface area (Å²) >= 11 is 3.24. The fraction of sp³-hybridized carbons (Fsp3) is 0.278. The van der Waals surface area contributed by atoms with E-state index in [2.05, 4.69) is 21.2 Å². The third kappa shape index (κ3) is 4.10. The zero-order valence-corrected chi connectivity index (χ0v) is 14.1. The molecule has 0 heterocycles. The number of nitrogens with one attached hydrogen (secondary N) is 1. The molecule has 3 nitrogen and oxygen atoms in total. The monoisotopic (exact) mass is 377 g/mol. The second kappa shape index (κ2) is 7.13. The van der Waals surface area contributed by atoms with Gasteiger partial charge in [-0.05, 0) is 56.0 Å². The Balaban J connectivity index is 1.72. The van der Waals surface area contributed by atoms with Crippen molar-refractivity contribution in [3.63, 3.8) is 0 Å². The molecule has 1 aliphatic rings. The fourth-order valence-corrected chi connectivity index (χ4v) is 3.08. The van der Waals surface area contributed by atoms with Crippen molar-refractivity contribution in [2.45, 2.75) is 31.8 Å². The van der Waals surface area contributed by atoms with Crippen LogP contribution in [-0.2, 0) is 0 Å². The highest BCUT2D eigenvalue weighted by atomic mass is 79.9. The Bertz CT molecular complexity index is 714. The van der Waals surface area contributed by atoms with Gasteiger partial charge in [0, 0.05) is 16.2 Å². The lowest BCUT2D eigenvalue weighted by atomic mass is 10.2. The number of carbonyl (C=O) groups excluding carboxylic acids is 1. The maximum atomic E-state index is 13.8. The van der Waals surface area contributed by atoms with Crippen LogP contribution in [0.25, 0.3) is 0 Å². The molecule has 1 N–H and O–H groups in total. The van der Waals surface area contributed by atoms with Crippen molar-refractivity contribution >= 4 is 27.5 Å². The molecule has 120 valence electrons. The van der Waals surface area contributed by atoms with Gasteiger partial charge in [0.1, 0.15) is 11.6 Å². The van der Waals surface area contributed by atoms with Gasteiger partial charge in [-0.1, -0.05) is 22.0 Å². The molecule has 0 spiro atoms. The zero-order valence-electron chi connectivity index (χ0n) is 12.5. The molecule has 0 aromatic heterocycles. The van der Waals surface area contributed by atoms with E-state index in [1.54, 1.807) is 18.2 Å². The Morgan fingerprint density at radius 1 is 1.17 bits per heavy atom. The van der Waals surface area contributed by atoms with Crippen LogP contribution < -0.4 is 10.1 Å². The number of amides is 1. The van der Waals surface area contributed by atoms with Gasteiger partial charge in [-0.2, -0.15) is 0 Å². The topological polar surface area (TPSA) is 38.3 Å². The van der Waals surface area contributed by atoms with Crippen LogP contribution in [0.1, 0.15) is 36.0 Å².